The Morgan fingerprint density at radius 2 is 2.31 bits per heavy atom. The maximum absolute atomic E-state index is 11.0. The summed E-state index contributed by atoms with van der Waals surface area (Å²) >= 11 is 1.80. The van der Waals surface area contributed by atoms with Crippen molar-refractivity contribution in [3.63, 3.8) is 0 Å². The Morgan fingerprint density at radius 3 is 2.81 bits per heavy atom. The van der Waals surface area contributed by atoms with Gasteiger partial charge in [-0.2, -0.15) is 0 Å². The van der Waals surface area contributed by atoms with E-state index >= 15 is 0 Å². The number of aliphatic imine (C=N–C) groups is 1. The van der Waals surface area contributed by atoms with Crippen molar-refractivity contribution in [2.24, 2.45) is 10.4 Å². The van der Waals surface area contributed by atoms with E-state index in [0.717, 1.165) is 29.6 Å². The molecule has 5 heteroatoms. The minimum Gasteiger partial charge on any atom is -0.362 e. The van der Waals surface area contributed by atoms with E-state index < -0.39 is 10.8 Å². The predicted molar refractivity (Wildman–Crippen MR) is 74.7 cm³/mol. The van der Waals surface area contributed by atoms with Crippen LogP contribution in [0, 0.1) is 5.41 Å². The average molecular weight is 262 g/mol. The third-order valence-electron chi connectivity index (χ3n) is 2.46. The fraction of sp³-hybridized carbons (Fsp3) is 0.909. The lowest BCUT2D eigenvalue weighted by atomic mass is 9.97. The van der Waals surface area contributed by atoms with Gasteiger partial charge in [0, 0.05) is 41.1 Å². The maximum atomic E-state index is 11.0. The summed E-state index contributed by atoms with van der Waals surface area (Å²) in [5, 5.41) is 4.44. The maximum Gasteiger partial charge on any atom is 0.156 e. The molecule has 0 amide bonds. The first-order valence-corrected chi connectivity index (χ1v) is 8.34. The Labute approximate surface area is 105 Å². The molecule has 1 aliphatic rings. The Morgan fingerprint density at radius 1 is 1.62 bits per heavy atom. The molecule has 1 aliphatic heterocycles. The molecule has 0 radical (unpaired) electrons. The molecule has 2 atom stereocenters. The summed E-state index contributed by atoms with van der Waals surface area (Å²) in [7, 11) is -0.692. The number of rotatable bonds is 4. The lowest BCUT2D eigenvalue weighted by Gasteiger charge is -2.28. The van der Waals surface area contributed by atoms with Gasteiger partial charge < -0.3 is 5.32 Å². The summed E-state index contributed by atoms with van der Waals surface area (Å²) in [6, 6.07) is 0.358. The van der Waals surface area contributed by atoms with Crippen LogP contribution in [-0.2, 0) is 10.8 Å². The number of hydrogen-bond donors (Lipinski definition) is 1. The van der Waals surface area contributed by atoms with Gasteiger partial charge in [-0.15, -0.1) is 0 Å². The van der Waals surface area contributed by atoms with Crippen molar-refractivity contribution in [2.45, 2.75) is 33.2 Å². The van der Waals surface area contributed by atoms with Gasteiger partial charge in [0.1, 0.15) is 0 Å². The molecule has 0 aromatic heterocycles. The van der Waals surface area contributed by atoms with Crippen LogP contribution in [0.1, 0.15) is 27.2 Å². The van der Waals surface area contributed by atoms with Gasteiger partial charge in [0.2, 0.25) is 0 Å². The van der Waals surface area contributed by atoms with Gasteiger partial charge in [-0.25, -0.2) is 0 Å². The summed E-state index contributed by atoms with van der Waals surface area (Å²) in [6.45, 7) is 7.50. The summed E-state index contributed by atoms with van der Waals surface area (Å²) in [5.74, 6) is 1.88. The molecule has 16 heavy (non-hydrogen) atoms. The highest BCUT2D eigenvalue weighted by Gasteiger charge is 2.23. The monoisotopic (exact) mass is 262 g/mol. The lowest BCUT2D eigenvalue weighted by molar-refractivity contribution is 0.436. The molecule has 2 unspecified atom stereocenters. The number of nitrogens with zero attached hydrogens (tertiary/aromatic N) is 1. The first kappa shape index (κ1) is 14.0. The molecule has 0 bridgehead atoms. The van der Waals surface area contributed by atoms with Crippen LogP contribution in [-0.4, -0.2) is 39.7 Å². The zero-order valence-corrected chi connectivity index (χ0v) is 12.2. The fourth-order valence-corrected chi connectivity index (χ4v) is 3.10. The predicted octanol–water partition coefficient (Wildman–Crippen LogP) is 1.86. The topological polar surface area (TPSA) is 41.5 Å². The second-order valence-corrected chi connectivity index (χ2v) is 7.70. The molecule has 0 aromatic carbocycles. The van der Waals surface area contributed by atoms with E-state index in [1.165, 1.54) is 0 Å². The molecule has 0 aliphatic carbocycles. The third-order valence-corrected chi connectivity index (χ3v) is 4.72. The van der Waals surface area contributed by atoms with Gasteiger partial charge in [-0.3, -0.25) is 9.20 Å². The standard InChI is InChI=1S/C11H22N2OS2/c1-9(5-6-16(4)14)13-10-12-7-11(2,3)8-15-10/h9H,5-8H2,1-4H3,(H,12,13). The summed E-state index contributed by atoms with van der Waals surface area (Å²) in [4.78, 5) is 4.54. The molecular weight excluding hydrogens is 240 g/mol. The summed E-state index contributed by atoms with van der Waals surface area (Å²) in [5.41, 5.74) is 0.323. The molecule has 0 spiro atoms. The molecule has 0 saturated heterocycles. The van der Waals surface area contributed by atoms with E-state index in [9.17, 15) is 4.21 Å². The van der Waals surface area contributed by atoms with Crippen LogP contribution in [0.5, 0.6) is 0 Å². The number of amidine groups is 1. The molecule has 0 saturated carbocycles. The number of thioether (sulfide) groups is 1. The van der Waals surface area contributed by atoms with Crippen molar-refractivity contribution in [2.75, 3.05) is 24.3 Å². The van der Waals surface area contributed by atoms with E-state index in [4.69, 9.17) is 0 Å². The Balaban J connectivity index is 2.32. The van der Waals surface area contributed by atoms with Crippen LogP contribution in [0.15, 0.2) is 4.99 Å². The second kappa shape index (κ2) is 6.05. The van der Waals surface area contributed by atoms with Crippen molar-refractivity contribution >= 4 is 27.7 Å². The van der Waals surface area contributed by atoms with E-state index in [-0.39, 0.29) is 0 Å². The molecule has 0 aromatic rings. The largest absolute Gasteiger partial charge is 0.362 e. The third kappa shape index (κ3) is 5.34. The van der Waals surface area contributed by atoms with Gasteiger partial charge in [-0.05, 0) is 18.8 Å². The molecule has 1 N–H and O–H groups in total. The zero-order chi connectivity index (χ0) is 12.2. The van der Waals surface area contributed by atoms with Crippen LogP contribution in [0.2, 0.25) is 0 Å². The number of nitrogens with one attached hydrogen (secondary N) is 1. The second-order valence-electron chi connectivity index (χ2n) is 5.19. The minimum absolute atomic E-state index is 0.323. The van der Waals surface area contributed by atoms with Crippen LogP contribution in [0.3, 0.4) is 0 Å². The molecule has 3 nitrogen and oxygen atoms in total. The lowest BCUT2D eigenvalue weighted by Crippen LogP contribution is -2.36. The first-order chi connectivity index (χ1) is 7.39. The molecule has 94 valence electrons. The van der Waals surface area contributed by atoms with Crippen molar-refractivity contribution < 1.29 is 4.21 Å². The normalized spacial score (nSPS) is 23.4. The Bertz CT molecular complexity index is 290. The van der Waals surface area contributed by atoms with Crippen molar-refractivity contribution in [3.05, 3.63) is 0 Å². The molecule has 1 heterocycles. The highest BCUT2D eigenvalue weighted by Crippen LogP contribution is 2.27. The van der Waals surface area contributed by atoms with E-state index in [1.54, 1.807) is 18.0 Å². The zero-order valence-electron chi connectivity index (χ0n) is 10.6. The summed E-state index contributed by atoms with van der Waals surface area (Å²) in [6.07, 6.45) is 2.69. The van der Waals surface area contributed by atoms with Gasteiger partial charge >= 0.3 is 0 Å². The Kier molecular flexibility index (Phi) is 5.31. The van der Waals surface area contributed by atoms with Gasteiger partial charge in [0.15, 0.2) is 5.17 Å². The number of hydrogen-bond acceptors (Lipinski definition) is 4. The molecule has 0 fully saturated rings. The smallest absolute Gasteiger partial charge is 0.156 e. The van der Waals surface area contributed by atoms with Crippen LogP contribution in [0.4, 0.5) is 0 Å². The highest BCUT2D eigenvalue weighted by atomic mass is 32.2. The summed E-state index contributed by atoms with van der Waals surface area (Å²) < 4.78 is 11.0. The average Bonchev–Trinajstić information content (AvgIpc) is 2.18. The van der Waals surface area contributed by atoms with Crippen LogP contribution < -0.4 is 5.32 Å². The fourth-order valence-electron chi connectivity index (χ4n) is 1.35. The molecule has 1 rings (SSSR count). The van der Waals surface area contributed by atoms with Crippen molar-refractivity contribution in [3.8, 4) is 0 Å². The van der Waals surface area contributed by atoms with E-state index in [1.807, 2.05) is 0 Å². The SMILES string of the molecule is CC(CCS(C)=O)NC1=NCC(C)(C)CS1. The van der Waals surface area contributed by atoms with Crippen LogP contribution >= 0.6 is 11.8 Å². The van der Waals surface area contributed by atoms with Crippen molar-refractivity contribution in [1.82, 2.24) is 5.32 Å². The minimum atomic E-state index is -0.692. The van der Waals surface area contributed by atoms with Crippen LogP contribution in [0.25, 0.3) is 0 Å². The van der Waals surface area contributed by atoms with Gasteiger partial charge in [0.05, 0.1) is 0 Å². The highest BCUT2D eigenvalue weighted by molar-refractivity contribution is 8.13. The Hall–Kier alpha value is -0.0300. The molecular formula is C11H22N2OS2. The van der Waals surface area contributed by atoms with E-state index in [0.29, 0.717) is 11.5 Å². The van der Waals surface area contributed by atoms with Crippen molar-refractivity contribution in [1.29, 1.82) is 0 Å². The van der Waals surface area contributed by atoms with E-state index in [2.05, 4.69) is 31.1 Å². The first-order valence-electron chi connectivity index (χ1n) is 5.63. The quantitative estimate of drug-likeness (QED) is 0.841. The van der Waals surface area contributed by atoms with Gasteiger partial charge in [0.25, 0.3) is 0 Å². The van der Waals surface area contributed by atoms with Gasteiger partial charge in [-0.1, -0.05) is 25.6 Å².